The quantitative estimate of drug-likeness (QED) is 0.258. The SMILES string of the molecule is CC(C)(C)CCCCC(=O)Oc1c(F)c(F)cc(F)c1F. The minimum atomic E-state index is -1.71. The molecule has 0 heterocycles. The summed E-state index contributed by atoms with van der Waals surface area (Å²) in [7, 11) is 0. The van der Waals surface area contributed by atoms with Gasteiger partial charge < -0.3 is 4.74 Å². The summed E-state index contributed by atoms with van der Waals surface area (Å²) in [6, 6.07) is 0.0608. The minimum Gasteiger partial charge on any atom is -0.420 e. The van der Waals surface area contributed by atoms with Crippen molar-refractivity contribution in [2.45, 2.75) is 46.5 Å². The highest BCUT2D eigenvalue weighted by Crippen LogP contribution is 2.27. The van der Waals surface area contributed by atoms with Gasteiger partial charge in [0, 0.05) is 12.5 Å². The first kappa shape index (κ1) is 17.5. The normalized spacial score (nSPS) is 11.6. The molecule has 0 aromatic heterocycles. The minimum absolute atomic E-state index is 0.0608. The molecule has 0 unspecified atom stereocenters. The highest BCUT2D eigenvalue weighted by Gasteiger charge is 2.22. The summed E-state index contributed by atoms with van der Waals surface area (Å²) in [5.41, 5.74) is 0.119. The van der Waals surface area contributed by atoms with Crippen LogP contribution in [0.4, 0.5) is 17.6 Å². The van der Waals surface area contributed by atoms with Crippen LogP contribution in [-0.2, 0) is 4.79 Å². The second kappa shape index (κ2) is 6.91. The standard InChI is InChI=1S/C15H18F4O2/c1-15(2,3)7-5-4-6-11(20)21-14-12(18)9(16)8-10(17)13(14)19/h8H,4-7H2,1-3H3. The number of hydrogen-bond donors (Lipinski definition) is 0. The van der Waals surface area contributed by atoms with E-state index in [0.717, 1.165) is 12.8 Å². The topological polar surface area (TPSA) is 26.3 Å². The van der Waals surface area contributed by atoms with Crippen LogP contribution in [0.1, 0.15) is 46.5 Å². The largest absolute Gasteiger partial charge is 0.420 e. The third-order valence-corrected chi connectivity index (χ3v) is 2.85. The Labute approximate surface area is 121 Å². The van der Waals surface area contributed by atoms with E-state index < -0.39 is 35.0 Å². The molecule has 0 amide bonds. The number of unbranched alkanes of at least 4 members (excludes halogenated alkanes) is 1. The maximum absolute atomic E-state index is 13.3. The fourth-order valence-corrected chi connectivity index (χ4v) is 1.73. The Hall–Kier alpha value is -1.59. The van der Waals surface area contributed by atoms with E-state index in [4.69, 9.17) is 0 Å². The molecule has 118 valence electrons. The van der Waals surface area contributed by atoms with Gasteiger partial charge in [0.1, 0.15) is 0 Å². The van der Waals surface area contributed by atoms with Crippen molar-refractivity contribution in [3.63, 3.8) is 0 Å². The van der Waals surface area contributed by atoms with Gasteiger partial charge in [-0.05, 0) is 18.3 Å². The van der Waals surface area contributed by atoms with E-state index in [1.165, 1.54) is 0 Å². The maximum Gasteiger partial charge on any atom is 0.311 e. The molecule has 0 saturated carbocycles. The summed E-state index contributed by atoms with van der Waals surface area (Å²) >= 11 is 0. The van der Waals surface area contributed by atoms with E-state index in [2.05, 4.69) is 4.74 Å². The first-order valence-corrected chi connectivity index (χ1v) is 6.65. The molecule has 0 fully saturated rings. The lowest BCUT2D eigenvalue weighted by Crippen LogP contribution is -2.12. The van der Waals surface area contributed by atoms with Gasteiger partial charge in [-0.3, -0.25) is 4.79 Å². The van der Waals surface area contributed by atoms with Gasteiger partial charge in [0.15, 0.2) is 11.6 Å². The van der Waals surface area contributed by atoms with Crippen LogP contribution in [-0.4, -0.2) is 5.97 Å². The zero-order chi connectivity index (χ0) is 16.2. The van der Waals surface area contributed by atoms with E-state index in [-0.39, 0.29) is 17.9 Å². The number of hydrogen-bond acceptors (Lipinski definition) is 2. The van der Waals surface area contributed by atoms with Gasteiger partial charge in [0.2, 0.25) is 17.4 Å². The second-order valence-electron chi connectivity index (χ2n) is 6.04. The molecular weight excluding hydrogens is 288 g/mol. The lowest BCUT2D eigenvalue weighted by atomic mass is 9.89. The number of carbonyl (C=O) groups excluding carboxylic acids is 1. The van der Waals surface area contributed by atoms with Gasteiger partial charge in [-0.15, -0.1) is 0 Å². The Kier molecular flexibility index (Phi) is 5.75. The molecule has 0 aliphatic carbocycles. The molecule has 1 rings (SSSR count). The highest BCUT2D eigenvalue weighted by molar-refractivity contribution is 5.72. The molecule has 0 spiro atoms. The molecule has 1 aromatic carbocycles. The molecule has 1 aromatic rings. The smallest absolute Gasteiger partial charge is 0.311 e. The molecular formula is C15H18F4O2. The highest BCUT2D eigenvalue weighted by atomic mass is 19.2. The number of ether oxygens (including phenoxy) is 1. The molecule has 0 radical (unpaired) electrons. The zero-order valence-corrected chi connectivity index (χ0v) is 12.2. The summed E-state index contributed by atoms with van der Waals surface area (Å²) in [5.74, 6) is -8.89. The van der Waals surface area contributed by atoms with E-state index in [1.54, 1.807) is 0 Å². The van der Waals surface area contributed by atoms with Crippen molar-refractivity contribution in [3.05, 3.63) is 29.3 Å². The summed E-state index contributed by atoms with van der Waals surface area (Å²) in [5, 5.41) is 0. The van der Waals surface area contributed by atoms with Crippen LogP contribution in [0.2, 0.25) is 0 Å². The van der Waals surface area contributed by atoms with Gasteiger partial charge in [0.05, 0.1) is 0 Å². The number of esters is 1. The second-order valence-corrected chi connectivity index (χ2v) is 6.04. The monoisotopic (exact) mass is 306 g/mol. The van der Waals surface area contributed by atoms with Crippen LogP contribution in [0.25, 0.3) is 0 Å². The summed E-state index contributed by atoms with van der Waals surface area (Å²) in [6.45, 7) is 6.14. The van der Waals surface area contributed by atoms with E-state index in [1.807, 2.05) is 20.8 Å². The zero-order valence-electron chi connectivity index (χ0n) is 12.2. The van der Waals surface area contributed by atoms with E-state index in [0.29, 0.717) is 6.42 Å². The van der Waals surface area contributed by atoms with Crippen molar-refractivity contribution in [3.8, 4) is 5.75 Å². The first-order chi connectivity index (χ1) is 9.61. The predicted molar refractivity (Wildman–Crippen MR) is 69.8 cm³/mol. The number of rotatable bonds is 5. The van der Waals surface area contributed by atoms with E-state index >= 15 is 0 Å². The van der Waals surface area contributed by atoms with E-state index in [9.17, 15) is 22.4 Å². The Bertz CT molecular complexity index is 495. The number of benzene rings is 1. The molecule has 0 bridgehead atoms. The predicted octanol–water partition coefficient (Wildman–Crippen LogP) is 4.75. The summed E-state index contributed by atoms with van der Waals surface area (Å²) < 4.78 is 56.8. The van der Waals surface area contributed by atoms with Crippen molar-refractivity contribution >= 4 is 5.97 Å². The molecule has 0 aliphatic heterocycles. The first-order valence-electron chi connectivity index (χ1n) is 6.65. The molecule has 0 saturated heterocycles. The van der Waals surface area contributed by atoms with Crippen molar-refractivity contribution in [1.29, 1.82) is 0 Å². The third kappa shape index (κ3) is 5.36. The van der Waals surface area contributed by atoms with Gasteiger partial charge in [-0.1, -0.05) is 27.2 Å². The molecule has 0 N–H and O–H groups in total. The average Bonchev–Trinajstić information content (AvgIpc) is 2.36. The van der Waals surface area contributed by atoms with Crippen LogP contribution in [0, 0.1) is 28.7 Å². The van der Waals surface area contributed by atoms with Crippen LogP contribution >= 0.6 is 0 Å². The molecule has 0 aliphatic rings. The molecule has 2 nitrogen and oxygen atoms in total. The van der Waals surface area contributed by atoms with Gasteiger partial charge in [-0.2, -0.15) is 8.78 Å². The van der Waals surface area contributed by atoms with Crippen LogP contribution in [0.5, 0.6) is 5.75 Å². The number of halogens is 4. The van der Waals surface area contributed by atoms with Gasteiger partial charge >= 0.3 is 5.97 Å². The van der Waals surface area contributed by atoms with Crippen LogP contribution in [0.15, 0.2) is 6.07 Å². The van der Waals surface area contributed by atoms with Gasteiger partial charge in [-0.25, -0.2) is 8.78 Å². The van der Waals surface area contributed by atoms with Crippen LogP contribution in [0.3, 0.4) is 0 Å². The third-order valence-electron chi connectivity index (χ3n) is 2.85. The van der Waals surface area contributed by atoms with Crippen molar-refractivity contribution < 1.29 is 27.1 Å². The summed E-state index contributed by atoms with van der Waals surface area (Å²) in [4.78, 5) is 11.5. The average molecular weight is 306 g/mol. The fourth-order valence-electron chi connectivity index (χ4n) is 1.73. The maximum atomic E-state index is 13.3. The Morgan fingerprint density at radius 3 is 2.05 bits per heavy atom. The van der Waals surface area contributed by atoms with Crippen LogP contribution < -0.4 is 4.74 Å². The Balaban J connectivity index is 2.60. The molecule has 0 atom stereocenters. The number of carbonyl (C=O) groups is 1. The van der Waals surface area contributed by atoms with Crippen molar-refractivity contribution in [1.82, 2.24) is 0 Å². The molecule has 21 heavy (non-hydrogen) atoms. The fraction of sp³-hybridized carbons (Fsp3) is 0.533. The summed E-state index contributed by atoms with van der Waals surface area (Å²) in [6.07, 6.45) is 2.00. The Morgan fingerprint density at radius 2 is 1.57 bits per heavy atom. The lowest BCUT2D eigenvalue weighted by molar-refractivity contribution is -0.135. The Morgan fingerprint density at radius 1 is 1.05 bits per heavy atom. The van der Waals surface area contributed by atoms with Crippen molar-refractivity contribution in [2.24, 2.45) is 5.41 Å². The van der Waals surface area contributed by atoms with Gasteiger partial charge in [0.25, 0.3) is 0 Å². The lowest BCUT2D eigenvalue weighted by Gasteiger charge is -2.17. The molecule has 6 heteroatoms. The van der Waals surface area contributed by atoms with Crippen molar-refractivity contribution in [2.75, 3.05) is 0 Å².